The molecule has 0 aliphatic heterocycles. The van der Waals surface area contributed by atoms with E-state index in [1.54, 1.807) is 6.07 Å². The van der Waals surface area contributed by atoms with Crippen molar-refractivity contribution in [2.75, 3.05) is 0 Å². The molecule has 1 N–H and O–H groups in total. The Morgan fingerprint density at radius 2 is 1.95 bits per heavy atom. The molecule has 19 heavy (non-hydrogen) atoms. The van der Waals surface area contributed by atoms with Gasteiger partial charge in [0, 0.05) is 12.1 Å². The van der Waals surface area contributed by atoms with E-state index in [1.807, 2.05) is 0 Å². The molecular formula is C12H10FNO4S. The lowest BCUT2D eigenvalue weighted by atomic mass is 10.2. The first kappa shape index (κ1) is 13.4. The van der Waals surface area contributed by atoms with Crippen molar-refractivity contribution in [3.8, 4) is 0 Å². The fraction of sp³-hybridized carbons (Fsp3) is 0.0833. The molecule has 1 aromatic heterocycles. The number of carbonyl (C=O) groups excluding carboxylic acids is 1. The minimum absolute atomic E-state index is 0.0914. The third-order valence-electron chi connectivity index (χ3n) is 2.39. The van der Waals surface area contributed by atoms with Crippen LogP contribution in [-0.2, 0) is 16.6 Å². The van der Waals surface area contributed by atoms with Crippen LogP contribution in [0.4, 0.5) is 4.39 Å². The van der Waals surface area contributed by atoms with Gasteiger partial charge in [0.05, 0.1) is 0 Å². The molecule has 0 aliphatic rings. The van der Waals surface area contributed by atoms with Crippen LogP contribution in [0, 0.1) is 5.82 Å². The van der Waals surface area contributed by atoms with E-state index in [1.165, 1.54) is 24.3 Å². The molecule has 7 heteroatoms. The summed E-state index contributed by atoms with van der Waals surface area (Å²) >= 11 is 0. The Labute approximate surface area is 109 Å². The quantitative estimate of drug-likeness (QED) is 0.847. The lowest BCUT2D eigenvalue weighted by Crippen LogP contribution is -2.23. The monoisotopic (exact) mass is 283 g/mol. The molecule has 0 radical (unpaired) electrons. The summed E-state index contributed by atoms with van der Waals surface area (Å²) in [5, 5.41) is -0.383. The summed E-state index contributed by atoms with van der Waals surface area (Å²) < 4.78 is 43.9. The first-order valence-corrected chi connectivity index (χ1v) is 6.79. The lowest BCUT2D eigenvalue weighted by molar-refractivity contribution is 0.109. The van der Waals surface area contributed by atoms with Crippen LogP contribution >= 0.6 is 0 Å². The van der Waals surface area contributed by atoms with Crippen molar-refractivity contribution >= 4 is 16.3 Å². The van der Waals surface area contributed by atoms with Gasteiger partial charge in [0.15, 0.2) is 12.0 Å². The van der Waals surface area contributed by atoms with Crippen LogP contribution in [0.25, 0.3) is 0 Å². The van der Waals surface area contributed by atoms with Crippen molar-refractivity contribution in [2.45, 2.75) is 11.6 Å². The van der Waals surface area contributed by atoms with Gasteiger partial charge in [0.2, 0.25) is 5.09 Å². The van der Waals surface area contributed by atoms with Crippen molar-refractivity contribution in [3.63, 3.8) is 0 Å². The number of hydrogen-bond acceptors (Lipinski definition) is 4. The molecule has 0 unspecified atom stereocenters. The summed E-state index contributed by atoms with van der Waals surface area (Å²) in [6.07, 6.45) is 0.399. The highest BCUT2D eigenvalue weighted by Crippen LogP contribution is 2.13. The fourth-order valence-electron chi connectivity index (χ4n) is 1.43. The Kier molecular flexibility index (Phi) is 3.77. The average molecular weight is 283 g/mol. The van der Waals surface area contributed by atoms with Crippen LogP contribution in [0.3, 0.4) is 0 Å². The van der Waals surface area contributed by atoms with Crippen LogP contribution in [0.5, 0.6) is 0 Å². The highest BCUT2D eigenvalue weighted by Gasteiger charge is 2.18. The third kappa shape index (κ3) is 3.07. The van der Waals surface area contributed by atoms with E-state index in [9.17, 15) is 17.6 Å². The number of furan rings is 1. The van der Waals surface area contributed by atoms with E-state index < -0.39 is 15.8 Å². The van der Waals surface area contributed by atoms with Gasteiger partial charge in [-0.3, -0.25) is 4.79 Å². The summed E-state index contributed by atoms with van der Waals surface area (Å²) in [5.74, 6) is -0.593. The van der Waals surface area contributed by atoms with E-state index >= 15 is 0 Å². The molecule has 5 nitrogen and oxygen atoms in total. The Bertz CT molecular complexity index is 693. The maximum absolute atomic E-state index is 13.3. The topological polar surface area (TPSA) is 76.4 Å². The Morgan fingerprint density at radius 3 is 2.58 bits per heavy atom. The van der Waals surface area contributed by atoms with Crippen molar-refractivity contribution < 1.29 is 22.0 Å². The van der Waals surface area contributed by atoms with Crippen LogP contribution in [0.2, 0.25) is 0 Å². The van der Waals surface area contributed by atoms with Crippen molar-refractivity contribution in [2.24, 2.45) is 0 Å². The maximum Gasteiger partial charge on any atom is 0.274 e. The number of carbonyl (C=O) groups is 1. The van der Waals surface area contributed by atoms with Gasteiger partial charge in [0.1, 0.15) is 5.82 Å². The molecule has 0 spiro atoms. The van der Waals surface area contributed by atoms with Crippen molar-refractivity contribution in [1.82, 2.24) is 4.72 Å². The summed E-state index contributed by atoms with van der Waals surface area (Å²) in [6, 6.07) is 8.22. The number of aldehydes is 1. The number of nitrogens with one attached hydrogen (secondary N) is 1. The molecule has 2 aromatic rings. The molecule has 0 aliphatic carbocycles. The maximum atomic E-state index is 13.3. The van der Waals surface area contributed by atoms with Gasteiger partial charge in [-0.15, -0.1) is 0 Å². The molecule has 0 saturated carbocycles. The van der Waals surface area contributed by atoms with E-state index in [0.29, 0.717) is 6.29 Å². The van der Waals surface area contributed by atoms with Gasteiger partial charge in [-0.25, -0.2) is 17.5 Å². The van der Waals surface area contributed by atoms with Crippen molar-refractivity contribution in [3.05, 3.63) is 53.5 Å². The average Bonchev–Trinajstić information content (AvgIpc) is 2.87. The second-order valence-corrected chi connectivity index (χ2v) is 5.39. The SMILES string of the molecule is O=Cc1ccc(S(=O)(=O)NCc2ccccc2F)o1. The first-order chi connectivity index (χ1) is 9.03. The highest BCUT2D eigenvalue weighted by molar-refractivity contribution is 7.89. The van der Waals surface area contributed by atoms with Gasteiger partial charge >= 0.3 is 0 Å². The van der Waals surface area contributed by atoms with Crippen LogP contribution in [0.1, 0.15) is 16.1 Å². The summed E-state index contributed by atoms with van der Waals surface area (Å²) in [6.45, 7) is -0.202. The van der Waals surface area contributed by atoms with Gasteiger partial charge in [-0.05, 0) is 18.2 Å². The fourth-order valence-corrected chi connectivity index (χ4v) is 2.37. The predicted molar refractivity (Wildman–Crippen MR) is 64.5 cm³/mol. The van der Waals surface area contributed by atoms with E-state index in [0.717, 1.165) is 6.07 Å². The van der Waals surface area contributed by atoms with Crippen LogP contribution in [0.15, 0.2) is 45.9 Å². The standard InChI is InChI=1S/C12H10FNO4S/c13-11-4-2-1-3-9(11)7-14-19(16,17)12-6-5-10(8-15)18-12/h1-6,8,14H,7H2. The van der Waals surface area contributed by atoms with Crippen molar-refractivity contribution in [1.29, 1.82) is 0 Å². The zero-order valence-corrected chi connectivity index (χ0v) is 10.5. The van der Waals surface area contributed by atoms with Gasteiger partial charge < -0.3 is 4.42 Å². The molecule has 0 atom stereocenters. The van der Waals surface area contributed by atoms with Gasteiger partial charge in [0.25, 0.3) is 10.0 Å². The first-order valence-electron chi connectivity index (χ1n) is 5.31. The summed E-state index contributed by atoms with van der Waals surface area (Å²) in [5.41, 5.74) is 0.216. The van der Waals surface area contributed by atoms with Crippen LogP contribution in [-0.4, -0.2) is 14.7 Å². The highest BCUT2D eigenvalue weighted by atomic mass is 32.2. The smallest absolute Gasteiger partial charge is 0.274 e. The number of sulfonamides is 1. The zero-order valence-electron chi connectivity index (χ0n) is 9.67. The van der Waals surface area contributed by atoms with E-state index in [2.05, 4.69) is 4.72 Å². The largest absolute Gasteiger partial charge is 0.440 e. The second kappa shape index (κ2) is 5.33. The molecule has 0 fully saturated rings. The van der Waals surface area contributed by atoms with Gasteiger partial charge in [-0.2, -0.15) is 0 Å². The van der Waals surface area contributed by atoms with Crippen LogP contribution < -0.4 is 4.72 Å². The van der Waals surface area contributed by atoms with Gasteiger partial charge in [-0.1, -0.05) is 18.2 Å². The molecule has 0 amide bonds. The normalized spacial score (nSPS) is 11.4. The number of benzene rings is 1. The molecular weight excluding hydrogens is 273 g/mol. The van der Waals surface area contributed by atoms with E-state index in [-0.39, 0.29) is 23.0 Å². The summed E-state index contributed by atoms with van der Waals surface area (Å²) in [4.78, 5) is 10.4. The molecule has 1 heterocycles. The number of rotatable bonds is 5. The molecule has 2 rings (SSSR count). The minimum atomic E-state index is -3.91. The molecule has 0 saturated heterocycles. The Morgan fingerprint density at radius 1 is 1.21 bits per heavy atom. The Hall–Kier alpha value is -1.99. The zero-order chi connectivity index (χ0) is 13.9. The third-order valence-corrected chi connectivity index (χ3v) is 3.67. The predicted octanol–water partition coefficient (Wildman–Crippen LogP) is 1.71. The number of hydrogen-bond donors (Lipinski definition) is 1. The minimum Gasteiger partial charge on any atom is -0.440 e. The summed E-state index contributed by atoms with van der Waals surface area (Å²) in [7, 11) is -3.91. The Balaban J connectivity index is 2.14. The molecule has 100 valence electrons. The number of halogens is 1. The molecule has 1 aromatic carbocycles. The van der Waals surface area contributed by atoms with E-state index in [4.69, 9.17) is 4.42 Å². The molecule has 0 bridgehead atoms. The second-order valence-electron chi connectivity index (χ2n) is 3.69. The lowest BCUT2D eigenvalue weighted by Gasteiger charge is -2.05.